The number of nitrogens with one attached hydrogen (secondary N) is 1. The third-order valence-corrected chi connectivity index (χ3v) is 5.91. The Morgan fingerprint density at radius 3 is 2.20 bits per heavy atom. The minimum atomic E-state index is -3.64. The Morgan fingerprint density at radius 2 is 1.60 bits per heavy atom. The Morgan fingerprint density at radius 1 is 1.00 bits per heavy atom. The highest BCUT2D eigenvalue weighted by Gasteiger charge is 2.31. The number of ether oxygens (including phenoxy) is 1. The van der Waals surface area contributed by atoms with Gasteiger partial charge in [0.25, 0.3) is 0 Å². The van der Waals surface area contributed by atoms with Crippen molar-refractivity contribution >= 4 is 33.2 Å². The van der Waals surface area contributed by atoms with Crippen molar-refractivity contribution in [2.45, 2.75) is 6.04 Å². The molecule has 1 N–H and O–H groups in total. The Labute approximate surface area is 181 Å². The topological polar surface area (TPSA) is 75.7 Å². The molecular formula is C22H21ClN2O4S. The molecule has 0 aliphatic heterocycles. The second-order valence-electron chi connectivity index (χ2n) is 6.64. The van der Waals surface area contributed by atoms with Crippen molar-refractivity contribution in [1.29, 1.82) is 0 Å². The standard InChI is InChI=1S/C22H21ClN2O4S/c1-25(30(2,27)28)21(16-9-5-3-6-10-16)22(26)24-19-15-17(23)13-14-20(19)29-18-11-7-4-8-12-18/h3-15,21H,1-2H3,(H,24,26)/t21-/m0/s1. The second kappa shape index (κ2) is 9.30. The number of para-hydroxylation sites is 1. The SMILES string of the molecule is CN([C@H](C(=O)Nc1cc(Cl)ccc1Oc1ccccc1)c1ccccc1)S(C)(=O)=O. The van der Waals surface area contributed by atoms with Gasteiger partial charge in [0.05, 0.1) is 11.9 Å². The third-order valence-electron chi connectivity index (χ3n) is 4.42. The van der Waals surface area contributed by atoms with E-state index in [4.69, 9.17) is 16.3 Å². The molecule has 30 heavy (non-hydrogen) atoms. The highest BCUT2D eigenvalue weighted by Crippen LogP contribution is 2.33. The van der Waals surface area contributed by atoms with Crippen LogP contribution in [0.15, 0.2) is 78.9 Å². The maximum atomic E-state index is 13.2. The number of hydrogen-bond donors (Lipinski definition) is 1. The lowest BCUT2D eigenvalue weighted by molar-refractivity contribution is -0.119. The van der Waals surface area contributed by atoms with Crippen LogP contribution < -0.4 is 10.1 Å². The van der Waals surface area contributed by atoms with Crippen LogP contribution in [0.3, 0.4) is 0 Å². The number of rotatable bonds is 7. The Balaban J connectivity index is 1.95. The minimum Gasteiger partial charge on any atom is -0.455 e. The zero-order chi connectivity index (χ0) is 21.7. The average Bonchev–Trinajstić information content (AvgIpc) is 2.71. The molecule has 3 aromatic carbocycles. The molecule has 0 radical (unpaired) electrons. The molecule has 0 fully saturated rings. The molecule has 0 spiro atoms. The van der Waals surface area contributed by atoms with Gasteiger partial charge in [-0.1, -0.05) is 60.1 Å². The summed E-state index contributed by atoms with van der Waals surface area (Å²) in [6.07, 6.45) is 1.06. The summed E-state index contributed by atoms with van der Waals surface area (Å²) < 4.78 is 31.2. The van der Waals surface area contributed by atoms with Crippen LogP contribution in [0.1, 0.15) is 11.6 Å². The summed E-state index contributed by atoms with van der Waals surface area (Å²) in [4.78, 5) is 13.2. The predicted octanol–water partition coefficient (Wildman–Crippen LogP) is 4.70. The molecule has 0 bridgehead atoms. The van der Waals surface area contributed by atoms with E-state index in [1.807, 2.05) is 18.2 Å². The first kappa shape index (κ1) is 21.8. The Kier molecular flexibility index (Phi) is 6.77. The highest BCUT2D eigenvalue weighted by atomic mass is 35.5. The fraction of sp³-hybridized carbons (Fsp3) is 0.136. The molecule has 1 atom stereocenters. The Hall–Kier alpha value is -2.87. The summed E-state index contributed by atoms with van der Waals surface area (Å²) in [5, 5.41) is 3.17. The smallest absolute Gasteiger partial charge is 0.247 e. The van der Waals surface area contributed by atoms with E-state index in [0.717, 1.165) is 10.6 Å². The van der Waals surface area contributed by atoms with Gasteiger partial charge in [-0.05, 0) is 35.9 Å². The second-order valence-corrected chi connectivity index (χ2v) is 9.12. The van der Waals surface area contributed by atoms with Crippen molar-refractivity contribution in [2.24, 2.45) is 0 Å². The first-order chi connectivity index (χ1) is 14.3. The summed E-state index contributed by atoms with van der Waals surface area (Å²) in [5.74, 6) is 0.435. The van der Waals surface area contributed by atoms with E-state index in [-0.39, 0.29) is 0 Å². The van der Waals surface area contributed by atoms with E-state index in [9.17, 15) is 13.2 Å². The molecular weight excluding hydrogens is 424 g/mol. The monoisotopic (exact) mass is 444 g/mol. The van der Waals surface area contributed by atoms with Gasteiger partial charge in [-0.15, -0.1) is 0 Å². The molecule has 0 aromatic heterocycles. The number of hydrogen-bond acceptors (Lipinski definition) is 4. The van der Waals surface area contributed by atoms with Crippen molar-refractivity contribution in [3.05, 3.63) is 89.4 Å². The lowest BCUT2D eigenvalue weighted by Crippen LogP contribution is -2.38. The van der Waals surface area contributed by atoms with Gasteiger partial charge in [0, 0.05) is 12.1 Å². The van der Waals surface area contributed by atoms with Crippen LogP contribution in [-0.2, 0) is 14.8 Å². The average molecular weight is 445 g/mol. The Bertz CT molecular complexity index is 1120. The number of benzene rings is 3. The quantitative estimate of drug-likeness (QED) is 0.573. The number of likely N-dealkylation sites (N-methyl/N-ethyl adjacent to an activating group) is 1. The number of carbonyl (C=O) groups is 1. The van der Waals surface area contributed by atoms with Crippen molar-refractivity contribution in [3.8, 4) is 11.5 Å². The van der Waals surface area contributed by atoms with Crippen LogP contribution in [0.2, 0.25) is 5.02 Å². The molecule has 8 heteroatoms. The van der Waals surface area contributed by atoms with E-state index in [1.54, 1.807) is 60.7 Å². The van der Waals surface area contributed by atoms with Gasteiger partial charge in [0.1, 0.15) is 11.8 Å². The highest BCUT2D eigenvalue weighted by molar-refractivity contribution is 7.88. The lowest BCUT2D eigenvalue weighted by Gasteiger charge is -2.26. The maximum absolute atomic E-state index is 13.2. The van der Waals surface area contributed by atoms with Crippen molar-refractivity contribution in [3.63, 3.8) is 0 Å². The van der Waals surface area contributed by atoms with Gasteiger partial charge in [-0.25, -0.2) is 8.42 Å². The number of halogens is 1. The summed E-state index contributed by atoms with van der Waals surface area (Å²) in [7, 11) is -2.27. The van der Waals surface area contributed by atoms with Crippen molar-refractivity contribution < 1.29 is 17.9 Å². The van der Waals surface area contributed by atoms with Crippen molar-refractivity contribution in [2.75, 3.05) is 18.6 Å². The van der Waals surface area contributed by atoms with Crippen molar-refractivity contribution in [1.82, 2.24) is 4.31 Å². The van der Waals surface area contributed by atoms with Gasteiger partial charge in [0.2, 0.25) is 15.9 Å². The number of sulfonamides is 1. The zero-order valence-corrected chi connectivity index (χ0v) is 18.0. The summed E-state index contributed by atoms with van der Waals surface area (Å²) >= 11 is 6.12. The van der Waals surface area contributed by atoms with E-state index in [2.05, 4.69) is 5.32 Å². The summed E-state index contributed by atoms with van der Waals surface area (Å²) in [6, 6.07) is 21.5. The normalized spacial score (nSPS) is 12.4. The zero-order valence-electron chi connectivity index (χ0n) is 16.4. The fourth-order valence-corrected chi connectivity index (χ4v) is 3.63. The number of anilines is 1. The van der Waals surface area contributed by atoms with E-state index >= 15 is 0 Å². The number of carbonyl (C=O) groups excluding carboxylic acids is 1. The molecule has 1 amide bonds. The minimum absolute atomic E-state index is 0.333. The van der Waals surface area contributed by atoms with Gasteiger partial charge in [0.15, 0.2) is 5.75 Å². The van der Waals surface area contributed by atoms with Crippen LogP contribution in [0.25, 0.3) is 0 Å². The van der Waals surface area contributed by atoms with Crippen LogP contribution in [0.5, 0.6) is 11.5 Å². The summed E-state index contributed by atoms with van der Waals surface area (Å²) in [5.41, 5.74) is 0.870. The first-order valence-corrected chi connectivity index (χ1v) is 11.3. The van der Waals surface area contributed by atoms with Gasteiger partial charge >= 0.3 is 0 Å². The van der Waals surface area contributed by atoms with E-state index in [0.29, 0.717) is 27.8 Å². The molecule has 0 saturated heterocycles. The third kappa shape index (κ3) is 5.38. The largest absolute Gasteiger partial charge is 0.455 e. The molecule has 156 valence electrons. The maximum Gasteiger partial charge on any atom is 0.247 e. The molecule has 3 aromatic rings. The van der Waals surface area contributed by atoms with Gasteiger partial charge in [-0.2, -0.15) is 4.31 Å². The summed E-state index contributed by atoms with van der Waals surface area (Å²) in [6.45, 7) is 0. The first-order valence-electron chi connectivity index (χ1n) is 9.07. The molecule has 0 saturated carbocycles. The fourth-order valence-electron chi connectivity index (χ4n) is 2.86. The van der Waals surface area contributed by atoms with Crippen LogP contribution in [0.4, 0.5) is 5.69 Å². The number of amides is 1. The van der Waals surface area contributed by atoms with E-state index in [1.165, 1.54) is 7.05 Å². The predicted molar refractivity (Wildman–Crippen MR) is 118 cm³/mol. The van der Waals surface area contributed by atoms with E-state index < -0.39 is 22.0 Å². The van der Waals surface area contributed by atoms with Crippen LogP contribution >= 0.6 is 11.6 Å². The molecule has 6 nitrogen and oxygen atoms in total. The molecule has 0 aliphatic carbocycles. The lowest BCUT2D eigenvalue weighted by atomic mass is 10.1. The molecule has 0 aliphatic rings. The molecule has 0 unspecified atom stereocenters. The van der Waals surface area contributed by atoms with Crippen LogP contribution in [0, 0.1) is 0 Å². The van der Waals surface area contributed by atoms with Gasteiger partial charge < -0.3 is 10.1 Å². The van der Waals surface area contributed by atoms with Gasteiger partial charge in [-0.3, -0.25) is 4.79 Å². The van der Waals surface area contributed by atoms with Crippen LogP contribution in [-0.4, -0.2) is 31.9 Å². The number of nitrogens with zero attached hydrogens (tertiary/aromatic N) is 1. The molecule has 0 heterocycles. The molecule has 3 rings (SSSR count).